The molecule has 2 aromatic rings. The summed E-state index contributed by atoms with van der Waals surface area (Å²) in [6.07, 6.45) is 0. The highest BCUT2D eigenvalue weighted by atomic mass is 127. The van der Waals surface area contributed by atoms with Crippen molar-refractivity contribution in [2.24, 2.45) is 4.99 Å². The van der Waals surface area contributed by atoms with Crippen LogP contribution in [0.3, 0.4) is 0 Å². The predicted octanol–water partition coefficient (Wildman–Crippen LogP) is 2.82. The fourth-order valence-electron chi connectivity index (χ4n) is 2.79. The average molecular weight is 542 g/mol. The number of rotatable bonds is 10. The van der Waals surface area contributed by atoms with Crippen molar-refractivity contribution >= 4 is 35.8 Å². The number of hydrogen-bond donors (Lipinski definition) is 3. The molecule has 0 spiro atoms. The van der Waals surface area contributed by atoms with E-state index in [4.69, 9.17) is 14.2 Å². The molecule has 0 saturated carbocycles. The molecule has 9 heteroatoms. The first kappa shape index (κ1) is 26.3. The maximum atomic E-state index is 12.1. The van der Waals surface area contributed by atoms with Gasteiger partial charge in [-0.25, -0.2) is 4.99 Å². The highest BCUT2D eigenvalue weighted by Crippen LogP contribution is 2.38. The van der Waals surface area contributed by atoms with Crippen molar-refractivity contribution in [3.8, 4) is 17.2 Å². The normalized spacial score (nSPS) is 10.5. The minimum absolute atomic E-state index is 0. The van der Waals surface area contributed by atoms with E-state index in [1.54, 1.807) is 33.5 Å². The molecule has 0 fully saturated rings. The Morgan fingerprint density at radius 1 is 0.903 bits per heavy atom. The molecule has 0 bridgehead atoms. The number of ether oxygens (including phenoxy) is 3. The zero-order valence-corrected chi connectivity index (χ0v) is 20.7. The van der Waals surface area contributed by atoms with Crippen LogP contribution in [0.4, 0.5) is 0 Å². The van der Waals surface area contributed by atoms with Crippen LogP contribution in [0.5, 0.6) is 17.2 Å². The Morgan fingerprint density at radius 3 is 2.06 bits per heavy atom. The lowest BCUT2D eigenvalue weighted by Crippen LogP contribution is -2.41. The van der Waals surface area contributed by atoms with Gasteiger partial charge in [0.1, 0.15) is 0 Å². The number of amides is 1. The van der Waals surface area contributed by atoms with Crippen LogP contribution in [0.15, 0.2) is 47.5 Å². The van der Waals surface area contributed by atoms with E-state index in [0.717, 1.165) is 12.1 Å². The third kappa shape index (κ3) is 8.16. The molecule has 0 aromatic heterocycles. The summed E-state index contributed by atoms with van der Waals surface area (Å²) in [5.74, 6) is 2.27. The number of benzene rings is 2. The summed E-state index contributed by atoms with van der Waals surface area (Å²) in [5, 5.41) is 9.29. The molecule has 0 atom stereocenters. The largest absolute Gasteiger partial charge is 0.493 e. The molecule has 170 valence electrons. The van der Waals surface area contributed by atoms with Crippen LogP contribution in [-0.2, 0) is 6.54 Å². The van der Waals surface area contributed by atoms with E-state index in [2.05, 4.69) is 20.9 Å². The smallest absolute Gasteiger partial charge is 0.251 e. The van der Waals surface area contributed by atoms with E-state index in [0.29, 0.717) is 48.4 Å². The molecule has 3 N–H and O–H groups in total. The van der Waals surface area contributed by atoms with E-state index in [1.807, 2.05) is 37.3 Å². The zero-order valence-electron chi connectivity index (χ0n) is 18.4. The van der Waals surface area contributed by atoms with Gasteiger partial charge in [-0.05, 0) is 36.8 Å². The SMILES string of the molecule is CCNC(=NCc1cc(OC)c(OC)c(OC)c1)NCCNC(=O)c1ccccc1.I. The number of guanidine groups is 1. The summed E-state index contributed by atoms with van der Waals surface area (Å²) in [6, 6.07) is 12.9. The van der Waals surface area contributed by atoms with Gasteiger partial charge in [0.25, 0.3) is 5.91 Å². The molecular weight excluding hydrogens is 511 g/mol. The van der Waals surface area contributed by atoms with Crippen LogP contribution in [0.1, 0.15) is 22.8 Å². The van der Waals surface area contributed by atoms with Crippen LogP contribution >= 0.6 is 24.0 Å². The van der Waals surface area contributed by atoms with E-state index < -0.39 is 0 Å². The van der Waals surface area contributed by atoms with Crippen molar-refractivity contribution in [1.82, 2.24) is 16.0 Å². The van der Waals surface area contributed by atoms with Gasteiger partial charge in [0.2, 0.25) is 5.75 Å². The van der Waals surface area contributed by atoms with Gasteiger partial charge in [-0.1, -0.05) is 18.2 Å². The number of carbonyl (C=O) groups is 1. The molecule has 0 unspecified atom stereocenters. The summed E-state index contributed by atoms with van der Waals surface area (Å²) in [7, 11) is 4.74. The molecule has 0 aliphatic rings. The Bertz CT molecular complexity index is 822. The van der Waals surface area contributed by atoms with E-state index in [9.17, 15) is 4.79 Å². The molecule has 1 amide bonds. The van der Waals surface area contributed by atoms with Gasteiger partial charge >= 0.3 is 0 Å². The highest BCUT2D eigenvalue weighted by Gasteiger charge is 2.13. The van der Waals surface area contributed by atoms with E-state index in [1.165, 1.54) is 0 Å². The van der Waals surface area contributed by atoms with Crippen molar-refractivity contribution in [2.75, 3.05) is 41.0 Å². The number of methoxy groups -OCH3 is 3. The molecule has 8 nitrogen and oxygen atoms in total. The molecule has 2 aromatic carbocycles. The number of hydrogen-bond acceptors (Lipinski definition) is 5. The van der Waals surface area contributed by atoms with Crippen molar-refractivity contribution in [3.05, 3.63) is 53.6 Å². The van der Waals surface area contributed by atoms with Crippen molar-refractivity contribution in [1.29, 1.82) is 0 Å². The number of nitrogens with one attached hydrogen (secondary N) is 3. The maximum Gasteiger partial charge on any atom is 0.251 e. The van der Waals surface area contributed by atoms with Crippen LogP contribution in [0, 0.1) is 0 Å². The maximum absolute atomic E-state index is 12.1. The number of nitrogens with zero attached hydrogens (tertiary/aromatic N) is 1. The summed E-state index contributed by atoms with van der Waals surface area (Å²) in [6.45, 7) is 4.15. The standard InChI is InChI=1S/C22H30N4O4.HI/c1-5-23-22(25-12-11-24-21(27)17-9-7-6-8-10-17)26-15-16-13-18(28-2)20(30-4)19(14-16)29-3;/h6-10,13-14H,5,11-12,15H2,1-4H3,(H,24,27)(H2,23,25,26);1H. The van der Waals surface area contributed by atoms with Gasteiger partial charge in [0.05, 0.1) is 27.9 Å². The monoisotopic (exact) mass is 542 g/mol. The summed E-state index contributed by atoms with van der Waals surface area (Å²) in [5.41, 5.74) is 1.56. The first-order chi connectivity index (χ1) is 14.6. The number of aliphatic imine (C=N–C) groups is 1. The van der Waals surface area contributed by atoms with E-state index in [-0.39, 0.29) is 29.9 Å². The van der Waals surface area contributed by atoms with Crippen molar-refractivity contribution in [3.63, 3.8) is 0 Å². The Kier molecular flexibility index (Phi) is 12.2. The molecule has 0 aliphatic carbocycles. The minimum atomic E-state index is -0.100. The van der Waals surface area contributed by atoms with Crippen LogP contribution in [0.25, 0.3) is 0 Å². The lowest BCUT2D eigenvalue weighted by atomic mass is 10.2. The molecule has 0 heterocycles. The summed E-state index contributed by atoms with van der Waals surface area (Å²) >= 11 is 0. The lowest BCUT2D eigenvalue weighted by molar-refractivity contribution is 0.0954. The Hall–Kier alpha value is -2.69. The van der Waals surface area contributed by atoms with Crippen LogP contribution < -0.4 is 30.2 Å². The first-order valence-electron chi connectivity index (χ1n) is 9.77. The molecule has 2 rings (SSSR count). The predicted molar refractivity (Wildman–Crippen MR) is 133 cm³/mol. The van der Waals surface area contributed by atoms with Gasteiger partial charge in [-0.2, -0.15) is 0 Å². The molecule has 0 radical (unpaired) electrons. The lowest BCUT2D eigenvalue weighted by Gasteiger charge is -2.14. The van der Waals surface area contributed by atoms with Gasteiger partial charge in [0.15, 0.2) is 17.5 Å². The minimum Gasteiger partial charge on any atom is -0.493 e. The van der Waals surface area contributed by atoms with Gasteiger partial charge in [0, 0.05) is 25.2 Å². The van der Waals surface area contributed by atoms with Gasteiger partial charge in [-0.15, -0.1) is 24.0 Å². The third-order valence-electron chi connectivity index (χ3n) is 4.23. The van der Waals surface area contributed by atoms with Crippen LogP contribution in [0.2, 0.25) is 0 Å². The highest BCUT2D eigenvalue weighted by molar-refractivity contribution is 14.0. The second kappa shape index (κ2) is 14.3. The van der Waals surface area contributed by atoms with Gasteiger partial charge < -0.3 is 30.2 Å². The fraction of sp³-hybridized carbons (Fsp3) is 0.364. The quantitative estimate of drug-likeness (QED) is 0.185. The Labute approximate surface area is 200 Å². The molecular formula is C22H31IN4O4. The van der Waals surface area contributed by atoms with Crippen LogP contribution in [-0.4, -0.2) is 52.8 Å². The number of carbonyl (C=O) groups excluding carboxylic acids is 1. The average Bonchev–Trinajstić information content (AvgIpc) is 2.79. The van der Waals surface area contributed by atoms with E-state index >= 15 is 0 Å². The third-order valence-corrected chi connectivity index (χ3v) is 4.23. The van der Waals surface area contributed by atoms with Crippen molar-refractivity contribution in [2.45, 2.75) is 13.5 Å². The summed E-state index contributed by atoms with van der Waals surface area (Å²) < 4.78 is 16.1. The second-order valence-corrected chi connectivity index (χ2v) is 6.28. The molecule has 31 heavy (non-hydrogen) atoms. The first-order valence-corrected chi connectivity index (χ1v) is 9.77. The second-order valence-electron chi connectivity index (χ2n) is 6.28. The Morgan fingerprint density at radius 2 is 1.52 bits per heavy atom. The number of halogens is 1. The zero-order chi connectivity index (χ0) is 21.8. The molecule has 0 saturated heterocycles. The Balaban J connectivity index is 0.00000480. The van der Waals surface area contributed by atoms with Crippen molar-refractivity contribution < 1.29 is 19.0 Å². The topological polar surface area (TPSA) is 93.2 Å². The fourth-order valence-corrected chi connectivity index (χ4v) is 2.79. The molecule has 0 aliphatic heterocycles. The summed E-state index contributed by atoms with van der Waals surface area (Å²) in [4.78, 5) is 16.7. The van der Waals surface area contributed by atoms with Gasteiger partial charge in [-0.3, -0.25) is 4.79 Å².